The molecule has 0 spiro atoms. The molecule has 2 unspecified atom stereocenters. The lowest BCUT2D eigenvalue weighted by Crippen LogP contribution is -2.45. The van der Waals surface area contributed by atoms with Gasteiger partial charge in [-0.1, -0.05) is 423 Å². The van der Waals surface area contributed by atoms with Crippen LogP contribution in [-0.2, 0) is 14.3 Å². The lowest BCUT2D eigenvalue weighted by Gasteiger charge is -2.22. The van der Waals surface area contributed by atoms with Gasteiger partial charge in [-0.15, -0.1) is 0 Å². The second-order valence-electron chi connectivity index (χ2n) is 29.5. The summed E-state index contributed by atoms with van der Waals surface area (Å²) in [7, 11) is 0. The average molecular weight is 1310 g/mol. The second kappa shape index (κ2) is 82.5. The topological polar surface area (TPSA) is 95.9 Å². The molecule has 0 aromatic rings. The maximum atomic E-state index is 12.6. The monoisotopic (exact) mass is 1310 g/mol. The van der Waals surface area contributed by atoms with E-state index in [0.717, 1.165) is 44.9 Å². The van der Waals surface area contributed by atoms with Crippen LogP contribution in [-0.4, -0.2) is 47.4 Å². The van der Waals surface area contributed by atoms with Crippen molar-refractivity contribution in [2.45, 2.75) is 495 Å². The van der Waals surface area contributed by atoms with Crippen molar-refractivity contribution < 1.29 is 24.5 Å². The Bertz CT molecular complexity index is 1510. The van der Waals surface area contributed by atoms with Crippen LogP contribution in [0.1, 0.15) is 483 Å². The largest absolute Gasteiger partial charge is 0.466 e. The number of amides is 1. The maximum Gasteiger partial charge on any atom is 0.305 e. The smallest absolute Gasteiger partial charge is 0.305 e. The first kappa shape index (κ1) is 91.1. The van der Waals surface area contributed by atoms with E-state index in [-0.39, 0.29) is 18.5 Å². The molecule has 0 aliphatic heterocycles. The van der Waals surface area contributed by atoms with Crippen LogP contribution in [0.4, 0.5) is 0 Å². The molecule has 0 aliphatic rings. The number of hydrogen-bond acceptors (Lipinski definition) is 5. The van der Waals surface area contributed by atoms with Gasteiger partial charge in [0.25, 0.3) is 0 Å². The summed E-state index contributed by atoms with van der Waals surface area (Å²) in [6.07, 6.45) is 108. The van der Waals surface area contributed by atoms with Gasteiger partial charge in [0.15, 0.2) is 0 Å². The van der Waals surface area contributed by atoms with E-state index in [1.807, 2.05) is 0 Å². The molecule has 0 bridgehead atoms. The third kappa shape index (κ3) is 79.0. The van der Waals surface area contributed by atoms with Gasteiger partial charge >= 0.3 is 5.97 Å². The summed E-state index contributed by atoms with van der Waals surface area (Å²) in [6, 6.07) is -0.541. The Morgan fingerprint density at radius 2 is 0.538 bits per heavy atom. The molecule has 550 valence electrons. The first-order valence-corrected chi connectivity index (χ1v) is 42.7. The van der Waals surface area contributed by atoms with Gasteiger partial charge < -0.3 is 20.3 Å². The van der Waals surface area contributed by atoms with E-state index in [1.165, 1.54) is 405 Å². The Morgan fingerprint density at radius 3 is 0.828 bits per heavy atom. The highest BCUT2D eigenvalue weighted by Crippen LogP contribution is 2.20. The molecule has 0 aromatic heterocycles. The molecule has 0 radical (unpaired) electrons. The summed E-state index contributed by atoms with van der Waals surface area (Å²) >= 11 is 0. The van der Waals surface area contributed by atoms with Crippen LogP contribution in [0.25, 0.3) is 0 Å². The summed E-state index contributed by atoms with van der Waals surface area (Å²) in [4.78, 5) is 24.7. The van der Waals surface area contributed by atoms with E-state index in [0.29, 0.717) is 25.9 Å². The van der Waals surface area contributed by atoms with Crippen molar-refractivity contribution in [1.82, 2.24) is 5.32 Å². The number of allylic oxidation sites excluding steroid dienone is 6. The molecule has 6 nitrogen and oxygen atoms in total. The highest BCUT2D eigenvalue weighted by atomic mass is 16.5. The fourth-order valence-corrected chi connectivity index (χ4v) is 13.7. The summed E-state index contributed by atoms with van der Waals surface area (Å²) in [5.41, 5.74) is 0. The molecule has 0 saturated carbocycles. The van der Waals surface area contributed by atoms with Gasteiger partial charge in [0.1, 0.15) is 0 Å². The minimum absolute atomic E-state index is 0.0193. The SMILES string of the molecule is CCCCCCCC/C=C\CCCCCCCCCCCC(=O)OCCCCCCCCCCCCCCC/C=C\C/C=C\CCCCCCCCCCCCCCCCCCCC(=O)NC(CO)C(O)CCCCCCCCCCCCCCCCCCCCCC. The lowest BCUT2D eigenvalue weighted by atomic mass is 10.0. The highest BCUT2D eigenvalue weighted by molar-refractivity contribution is 5.76. The molecule has 0 rings (SSSR count). The van der Waals surface area contributed by atoms with E-state index in [9.17, 15) is 19.8 Å². The third-order valence-corrected chi connectivity index (χ3v) is 20.2. The molecule has 0 saturated heterocycles. The number of unbranched alkanes of at least 4 members (excludes halogenated alkanes) is 64. The fourth-order valence-electron chi connectivity index (χ4n) is 13.7. The molecular formula is C87H167NO5. The number of aliphatic hydroxyl groups excluding tert-OH is 2. The number of carbonyl (C=O) groups excluding carboxylic acids is 2. The van der Waals surface area contributed by atoms with Crippen LogP contribution in [0.15, 0.2) is 36.5 Å². The predicted octanol–water partition coefficient (Wildman–Crippen LogP) is 28.6. The van der Waals surface area contributed by atoms with Crippen molar-refractivity contribution in [2.24, 2.45) is 0 Å². The zero-order valence-corrected chi connectivity index (χ0v) is 63.3. The standard InChI is InChI=1S/C87H167NO5/c1-3-5-7-9-11-13-15-17-19-21-23-44-47-51-55-59-63-67-71-75-79-85(90)84(83-89)88-86(91)80-76-72-68-64-60-56-52-48-45-41-39-37-35-33-31-29-27-25-24-26-28-30-32-34-36-38-40-42-46-50-54-58-62-66-70-74-78-82-93-87(92)81-77-73-69-65-61-57-53-49-43-22-20-18-16-14-12-10-8-6-4-2/h18,20,24,26,30,32,84-85,89-90H,3-17,19,21-23,25,27-29,31,33-83H2,1-2H3,(H,88,91)/b20-18-,26-24-,32-30-. The summed E-state index contributed by atoms with van der Waals surface area (Å²) in [6.45, 7) is 5.00. The van der Waals surface area contributed by atoms with Gasteiger partial charge in [-0.25, -0.2) is 0 Å². The van der Waals surface area contributed by atoms with Crippen LogP contribution < -0.4 is 5.32 Å². The Hall–Kier alpha value is -1.92. The molecule has 6 heteroatoms. The summed E-state index contributed by atoms with van der Waals surface area (Å²) in [5, 5.41) is 23.5. The van der Waals surface area contributed by atoms with Gasteiger partial charge in [0.2, 0.25) is 5.91 Å². The van der Waals surface area contributed by atoms with E-state index >= 15 is 0 Å². The quantitative estimate of drug-likeness (QED) is 0.0320. The lowest BCUT2D eigenvalue weighted by molar-refractivity contribution is -0.143. The fraction of sp³-hybridized carbons (Fsp3) is 0.908. The van der Waals surface area contributed by atoms with Crippen molar-refractivity contribution in [3.8, 4) is 0 Å². The Balaban J connectivity index is 3.35. The first-order valence-electron chi connectivity index (χ1n) is 42.7. The van der Waals surface area contributed by atoms with E-state index in [4.69, 9.17) is 4.74 Å². The number of rotatable bonds is 81. The van der Waals surface area contributed by atoms with E-state index in [1.54, 1.807) is 0 Å². The normalized spacial score (nSPS) is 12.6. The van der Waals surface area contributed by atoms with Crippen LogP contribution in [0.2, 0.25) is 0 Å². The Morgan fingerprint density at radius 1 is 0.301 bits per heavy atom. The van der Waals surface area contributed by atoms with Crippen molar-refractivity contribution in [2.75, 3.05) is 13.2 Å². The minimum Gasteiger partial charge on any atom is -0.466 e. The summed E-state index contributed by atoms with van der Waals surface area (Å²) < 4.78 is 5.52. The Kier molecular flexibility index (Phi) is 80.8. The van der Waals surface area contributed by atoms with Crippen LogP contribution in [0, 0.1) is 0 Å². The van der Waals surface area contributed by atoms with Crippen LogP contribution in [0.3, 0.4) is 0 Å². The van der Waals surface area contributed by atoms with Gasteiger partial charge in [0, 0.05) is 12.8 Å². The molecule has 1 amide bonds. The van der Waals surface area contributed by atoms with E-state index in [2.05, 4.69) is 55.6 Å². The zero-order chi connectivity index (χ0) is 67.0. The molecule has 93 heavy (non-hydrogen) atoms. The van der Waals surface area contributed by atoms with Crippen LogP contribution >= 0.6 is 0 Å². The molecule has 2 atom stereocenters. The van der Waals surface area contributed by atoms with Crippen LogP contribution in [0.5, 0.6) is 0 Å². The van der Waals surface area contributed by atoms with Crippen molar-refractivity contribution in [3.63, 3.8) is 0 Å². The maximum absolute atomic E-state index is 12.6. The first-order chi connectivity index (χ1) is 46.0. The number of aliphatic hydroxyl groups is 2. The van der Waals surface area contributed by atoms with Crippen molar-refractivity contribution >= 4 is 11.9 Å². The number of ether oxygens (including phenoxy) is 1. The summed E-state index contributed by atoms with van der Waals surface area (Å²) in [5.74, 6) is -0.00780. The predicted molar refractivity (Wildman–Crippen MR) is 412 cm³/mol. The molecule has 0 heterocycles. The molecule has 3 N–H and O–H groups in total. The van der Waals surface area contributed by atoms with Gasteiger partial charge in [0.05, 0.1) is 25.4 Å². The molecule has 0 aromatic carbocycles. The Labute approximate surface area is 583 Å². The minimum atomic E-state index is -0.664. The number of nitrogens with one attached hydrogen (secondary N) is 1. The highest BCUT2D eigenvalue weighted by Gasteiger charge is 2.20. The van der Waals surface area contributed by atoms with Crippen molar-refractivity contribution in [3.05, 3.63) is 36.5 Å². The number of esters is 1. The van der Waals surface area contributed by atoms with Gasteiger partial charge in [-0.2, -0.15) is 0 Å². The third-order valence-electron chi connectivity index (χ3n) is 20.2. The number of carbonyl (C=O) groups is 2. The van der Waals surface area contributed by atoms with E-state index < -0.39 is 12.1 Å². The molecule has 0 aliphatic carbocycles. The zero-order valence-electron chi connectivity index (χ0n) is 63.3. The molecular weight excluding hydrogens is 1140 g/mol. The van der Waals surface area contributed by atoms with Gasteiger partial charge in [-0.3, -0.25) is 9.59 Å². The molecule has 0 fully saturated rings. The second-order valence-corrected chi connectivity index (χ2v) is 29.5. The average Bonchev–Trinajstić information content (AvgIpc) is 3.78. The van der Waals surface area contributed by atoms with Gasteiger partial charge in [-0.05, 0) is 83.5 Å². The van der Waals surface area contributed by atoms with Crippen molar-refractivity contribution in [1.29, 1.82) is 0 Å². The number of hydrogen-bond donors (Lipinski definition) is 3.